The number of hydrogen-bond donors (Lipinski definition) is 1. The molecule has 2 aromatic rings. The van der Waals surface area contributed by atoms with Crippen LogP contribution in [0.3, 0.4) is 0 Å². The third-order valence-electron chi connectivity index (χ3n) is 5.17. The maximum atomic E-state index is 13.0. The Labute approximate surface area is 129 Å². The minimum absolute atomic E-state index is 0.159. The Bertz CT molecular complexity index is 625. The van der Waals surface area contributed by atoms with E-state index >= 15 is 0 Å². The molecule has 2 aliphatic rings. The number of aromatic amines is 1. The van der Waals surface area contributed by atoms with E-state index in [1.165, 1.54) is 24.1 Å². The van der Waals surface area contributed by atoms with Gasteiger partial charge in [-0.3, -0.25) is 14.9 Å². The van der Waals surface area contributed by atoms with E-state index in [1.807, 2.05) is 24.4 Å². The number of likely N-dealkylation sites (tertiary alicyclic amines) is 2. The summed E-state index contributed by atoms with van der Waals surface area (Å²) in [6, 6.07) is 8.96. The lowest BCUT2D eigenvalue weighted by molar-refractivity contribution is -0.0146. The fourth-order valence-corrected chi connectivity index (χ4v) is 3.79. The molecule has 2 fully saturated rings. The molecule has 0 amide bonds. The van der Waals surface area contributed by atoms with Crippen molar-refractivity contribution < 1.29 is 4.39 Å². The number of benzene rings is 1. The summed E-state index contributed by atoms with van der Waals surface area (Å²) >= 11 is 0. The molecule has 4 nitrogen and oxygen atoms in total. The van der Waals surface area contributed by atoms with E-state index in [4.69, 9.17) is 0 Å². The van der Waals surface area contributed by atoms with E-state index in [1.54, 1.807) is 12.1 Å². The van der Waals surface area contributed by atoms with Crippen molar-refractivity contribution in [3.05, 3.63) is 53.6 Å². The lowest BCUT2D eigenvalue weighted by Crippen LogP contribution is -2.60. The van der Waals surface area contributed by atoms with Crippen LogP contribution in [-0.4, -0.2) is 45.2 Å². The lowest BCUT2D eigenvalue weighted by Gasteiger charge is -2.51. The van der Waals surface area contributed by atoms with Crippen LogP contribution in [0.2, 0.25) is 0 Å². The quantitative estimate of drug-likeness (QED) is 0.942. The predicted molar refractivity (Wildman–Crippen MR) is 82.6 cm³/mol. The van der Waals surface area contributed by atoms with E-state index in [0.29, 0.717) is 5.54 Å². The van der Waals surface area contributed by atoms with Crippen LogP contribution < -0.4 is 0 Å². The number of aromatic nitrogens is 2. The molecule has 1 atom stereocenters. The molecule has 0 aliphatic carbocycles. The Morgan fingerprint density at radius 1 is 1.09 bits per heavy atom. The largest absolute Gasteiger partial charge is 0.296 e. The van der Waals surface area contributed by atoms with Crippen molar-refractivity contribution in [3.8, 4) is 0 Å². The lowest BCUT2D eigenvalue weighted by atomic mass is 9.83. The first-order valence-electron chi connectivity index (χ1n) is 7.94. The minimum Gasteiger partial charge on any atom is -0.296 e. The number of hydrogen-bond acceptors (Lipinski definition) is 3. The molecule has 0 radical (unpaired) electrons. The highest BCUT2D eigenvalue weighted by molar-refractivity contribution is 5.18. The van der Waals surface area contributed by atoms with Gasteiger partial charge in [0.1, 0.15) is 5.82 Å². The van der Waals surface area contributed by atoms with Gasteiger partial charge in [-0.1, -0.05) is 12.1 Å². The standard InChI is InChI=1S/C17H21FN4/c18-15-3-1-14(2-4-15)11-22-10-7-17(22)6-9-21(13-17)12-16-5-8-19-20-16/h1-5,8H,6-7,9-13H2,(H,19,20). The fraction of sp³-hybridized carbons (Fsp3) is 0.471. The molecular formula is C17H21FN4. The van der Waals surface area contributed by atoms with Gasteiger partial charge in [0.25, 0.3) is 0 Å². The Hall–Kier alpha value is -1.72. The molecule has 2 saturated heterocycles. The second kappa shape index (κ2) is 5.48. The Balaban J connectivity index is 1.39. The molecule has 5 heteroatoms. The summed E-state index contributed by atoms with van der Waals surface area (Å²) in [4.78, 5) is 5.07. The van der Waals surface area contributed by atoms with Gasteiger partial charge in [0.05, 0.1) is 0 Å². The molecule has 1 N–H and O–H groups in total. The van der Waals surface area contributed by atoms with E-state index in [2.05, 4.69) is 20.0 Å². The summed E-state index contributed by atoms with van der Waals surface area (Å²) in [5.41, 5.74) is 2.71. The van der Waals surface area contributed by atoms with Crippen LogP contribution in [0.4, 0.5) is 4.39 Å². The van der Waals surface area contributed by atoms with Gasteiger partial charge in [0, 0.05) is 50.2 Å². The number of halogens is 1. The van der Waals surface area contributed by atoms with E-state index in [9.17, 15) is 4.39 Å². The number of nitrogens with one attached hydrogen (secondary N) is 1. The van der Waals surface area contributed by atoms with Crippen LogP contribution in [0.5, 0.6) is 0 Å². The maximum Gasteiger partial charge on any atom is 0.123 e. The summed E-state index contributed by atoms with van der Waals surface area (Å²) in [5, 5.41) is 7.06. The van der Waals surface area contributed by atoms with Crippen LogP contribution in [0, 0.1) is 5.82 Å². The van der Waals surface area contributed by atoms with Crippen molar-refractivity contribution in [3.63, 3.8) is 0 Å². The molecule has 116 valence electrons. The van der Waals surface area contributed by atoms with E-state index < -0.39 is 0 Å². The van der Waals surface area contributed by atoms with Crippen molar-refractivity contribution in [2.75, 3.05) is 19.6 Å². The molecular weight excluding hydrogens is 279 g/mol. The van der Waals surface area contributed by atoms with Gasteiger partial charge in [-0.25, -0.2) is 4.39 Å². The summed E-state index contributed by atoms with van der Waals surface area (Å²) in [7, 11) is 0. The highest BCUT2D eigenvalue weighted by Crippen LogP contribution is 2.40. The van der Waals surface area contributed by atoms with E-state index in [-0.39, 0.29) is 5.82 Å². The SMILES string of the molecule is Fc1ccc(CN2CCC23CCN(Cc2ccn[nH]2)C3)cc1. The summed E-state index contributed by atoms with van der Waals surface area (Å²) in [6.45, 7) is 5.28. The van der Waals surface area contributed by atoms with E-state index in [0.717, 1.165) is 32.7 Å². The topological polar surface area (TPSA) is 35.2 Å². The highest BCUT2D eigenvalue weighted by atomic mass is 19.1. The van der Waals surface area contributed by atoms with Crippen LogP contribution in [0.1, 0.15) is 24.1 Å². The second-order valence-corrected chi connectivity index (χ2v) is 6.56. The summed E-state index contributed by atoms with van der Waals surface area (Å²) in [5.74, 6) is -0.159. The van der Waals surface area contributed by atoms with Gasteiger partial charge in [-0.05, 0) is 36.6 Å². The Kier molecular flexibility index (Phi) is 3.47. The van der Waals surface area contributed by atoms with Crippen LogP contribution in [0.15, 0.2) is 36.5 Å². The molecule has 22 heavy (non-hydrogen) atoms. The predicted octanol–water partition coefficient (Wildman–Crippen LogP) is 2.40. The monoisotopic (exact) mass is 300 g/mol. The molecule has 4 rings (SSSR count). The van der Waals surface area contributed by atoms with Crippen molar-refractivity contribution in [2.45, 2.75) is 31.5 Å². The zero-order valence-corrected chi connectivity index (χ0v) is 12.6. The van der Waals surface area contributed by atoms with Gasteiger partial charge in [-0.15, -0.1) is 0 Å². The highest BCUT2D eigenvalue weighted by Gasteiger charge is 2.48. The summed E-state index contributed by atoms with van der Waals surface area (Å²) in [6.07, 6.45) is 4.31. The molecule has 1 spiro atoms. The summed E-state index contributed by atoms with van der Waals surface area (Å²) < 4.78 is 13.0. The van der Waals surface area contributed by atoms with Gasteiger partial charge in [-0.2, -0.15) is 5.10 Å². The van der Waals surface area contributed by atoms with Crippen LogP contribution in [-0.2, 0) is 13.1 Å². The van der Waals surface area contributed by atoms with Crippen LogP contribution in [0.25, 0.3) is 0 Å². The van der Waals surface area contributed by atoms with Gasteiger partial charge >= 0.3 is 0 Å². The smallest absolute Gasteiger partial charge is 0.123 e. The Morgan fingerprint density at radius 2 is 1.91 bits per heavy atom. The third kappa shape index (κ3) is 2.55. The van der Waals surface area contributed by atoms with Crippen molar-refractivity contribution in [2.24, 2.45) is 0 Å². The number of rotatable bonds is 4. The first-order valence-corrected chi connectivity index (χ1v) is 7.94. The second-order valence-electron chi connectivity index (χ2n) is 6.56. The molecule has 1 aromatic carbocycles. The first-order chi connectivity index (χ1) is 10.7. The molecule has 0 saturated carbocycles. The van der Waals surface area contributed by atoms with Crippen molar-refractivity contribution in [1.82, 2.24) is 20.0 Å². The molecule has 0 bridgehead atoms. The zero-order chi connectivity index (χ0) is 15.0. The number of H-pyrrole nitrogens is 1. The fourth-order valence-electron chi connectivity index (χ4n) is 3.79. The minimum atomic E-state index is -0.159. The Morgan fingerprint density at radius 3 is 2.59 bits per heavy atom. The molecule has 3 heterocycles. The molecule has 2 aliphatic heterocycles. The van der Waals surface area contributed by atoms with Crippen molar-refractivity contribution in [1.29, 1.82) is 0 Å². The molecule has 1 aromatic heterocycles. The first kappa shape index (κ1) is 13.9. The van der Waals surface area contributed by atoms with Crippen molar-refractivity contribution >= 4 is 0 Å². The van der Waals surface area contributed by atoms with Gasteiger partial charge in [0.15, 0.2) is 0 Å². The number of nitrogens with zero attached hydrogens (tertiary/aromatic N) is 3. The molecule has 1 unspecified atom stereocenters. The zero-order valence-electron chi connectivity index (χ0n) is 12.6. The maximum absolute atomic E-state index is 13.0. The average Bonchev–Trinajstić information content (AvgIpc) is 3.17. The third-order valence-corrected chi connectivity index (χ3v) is 5.17. The van der Waals surface area contributed by atoms with Gasteiger partial charge < -0.3 is 0 Å². The average molecular weight is 300 g/mol. The van der Waals surface area contributed by atoms with Crippen LogP contribution >= 0.6 is 0 Å². The van der Waals surface area contributed by atoms with Gasteiger partial charge in [0.2, 0.25) is 0 Å². The normalized spacial score (nSPS) is 25.7.